The van der Waals surface area contributed by atoms with Gasteiger partial charge in [-0.3, -0.25) is 4.79 Å². The van der Waals surface area contributed by atoms with Gasteiger partial charge in [0.05, 0.1) is 0 Å². The van der Waals surface area contributed by atoms with Crippen molar-refractivity contribution in [3.8, 4) is 0 Å². The molecule has 0 aromatic rings. The zero-order valence-electron chi connectivity index (χ0n) is 7.97. The van der Waals surface area contributed by atoms with Crippen molar-refractivity contribution < 1.29 is 9.90 Å². The van der Waals surface area contributed by atoms with Crippen molar-refractivity contribution in [2.24, 2.45) is 5.92 Å². The monoisotopic (exact) mass is 170 g/mol. The summed E-state index contributed by atoms with van der Waals surface area (Å²) in [7, 11) is 0. The van der Waals surface area contributed by atoms with Gasteiger partial charge in [0.25, 0.3) is 0 Å². The highest BCUT2D eigenvalue weighted by Gasteiger charge is 2.35. The van der Waals surface area contributed by atoms with Crippen LogP contribution in [0.1, 0.15) is 46.0 Å². The Morgan fingerprint density at radius 2 is 2.00 bits per heavy atom. The molecule has 12 heavy (non-hydrogen) atoms. The first-order chi connectivity index (χ1) is 5.58. The van der Waals surface area contributed by atoms with Gasteiger partial charge < -0.3 is 5.11 Å². The van der Waals surface area contributed by atoms with E-state index < -0.39 is 5.60 Å². The quantitative estimate of drug-likeness (QED) is 0.702. The van der Waals surface area contributed by atoms with Crippen LogP contribution in [-0.2, 0) is 4.79 Å². The van der Waals surface area contributed by atoms with Crippen LogP contribution >= 0.6 is 0 Å². The summed E-state index contributed by atoms with van der Waals surface area (Å²) in [4.78, 5) is 11.6. The average molecular weight is 170 g/mol. The molecule has 0 aromatic heterocycles. The van der Waals surface area contributed by atoms with Crippen LogP contribution in [0.4, 0.5) is 0 Å². The fraction of sp³-hybridized carbons (Fsp3) is 0.900. The lowest BCUT2D eigenvalue weighted by molar-refractivity contribution is -0.140. The van der Waals surface area contributed by atoms with Gasteiger partial charge in [-0.25, -0.2) is 0 Å². The second-order valence-corrected chi connectivity index (χ2v) is 3.97. The van der Waals surface area contributed by atoms with E-state index in [4.69, 9.17) is 0 Å². The van der Waals surface area contributed by atoms with Gasteiger partial charge in [0.2, 0.25) is 0 Å². The molecule has 0 heterocycles. The third-order valence-electron chi connectivity index (χ3n) is 2.95. The van der Waals surface area contributed by atoms with Gasteiger partial charge in [-0.1, -0.05) is 19.8 Å². The topological polar surface area (TPSA) is 37.3 Å². The Labute approximate surface area is 74.0 Å². The second kappa shape index (κ2) is 3.56. The molecule has 0 bridgehead atoms. The summed E-state index contributed by atoms with van der Waals surface area (Å²) >= 11 is 0. The molecular weight excluding hydrogens is 152 g/mol. The summed E-state index contributed by atoms with van der Waals surface area (Å²) in [5.41, 5.74) is -1.07. The fourth-order valence-electron chi connectivity index (χ4n) is 1.80. The van der Waals surface area contributed by atoms with Gasteiger partial charge in [0, 0.05) is 5.92 Å². The molecule has 0 amide bonds. The minimum Gasteiger partial charge on any atom is -0.382 e. The summed E-state index contributed by atoms with van der Waals surface area (Å²) in [6.07, 6.45) is 4.79. The molecule has 1 unspecified atom stereocenters. The highest BCUT2D eigenvalue weighted by molar-refractivity contribution is 5.88. The Balaban J connectivity index is 2.56. The third-order valence-corrected chi connectivity index (χ3v) is 2.95. The lowest BCUT2D eigenvalue weighted by Crippen LogP contribution is -2.38. The summed E-state index contributed by atoms with van der Waals surface area (Å²) < 4.78 is 0. The normalized spacial score (nSPS) is 23.9. The van der Waals surface area contributed by atoms with Crippen LogP contribution < -0.4 is 0 Å². The van der Waals surface area contributed by atoms with E-state index in [2.05, 4.69) is 0 Å². The first-order valence-corrected chi connectivity index (χ1v) is 4.84. The molecule has 1 atom stereocenters. The third kappa shape index (κ3) is 1.86. The van der Waals surface area contributed by atoms with E-state index in [1.165, 1.54) is 0 Å². The first kappa shape index (κ1) is 9.72. The zero-order valence-corrected chi connectivity index (χ0v) is 7.97. The van der Waals surface area contributed by atoms with Crippen molar-refractivity contribution in [2.45, 2.75) is 51.6 Å². The maximum Gasteiger partial charge on any atom is 0.167 e. The standard InChI is InChI=1S/C10H18O2/c1-3-10(2,12)9(11)8-6-4-5-7-8/h8,12H,3-7H2,1-2H3. The van der Waals surface area contributed by atoms with Gasteiger partial charge in [0.1, 0.15) is 5.60 Å². The van der Waals surface area contributed by atoms with E-state index in [0.717, 1.165) is 25.7 Å². The van der Waals surface area contributed by atoms with E-state index in [-0.39, 0.29) is 11.7 Å². The van der Waals surface area contributed by atoms with Crippen LogP contribution in [0.15, 0.2) is 0 Å². The van der Waals surface area contributed by atoms with E-state index in [1.54, 1.807) is 6.92 Å². The predicted molar refractivity (Wildman–Crippen MR) is 47.9 cm³/mol. The second-order valence-electron chi connectivity index (χ2n) is 3.97. The van der Waals surface area contributed by atoms with Gasteiger partial charge in [-0.15, -0.1) is 0 Å². The minimum atomic E-state index is -1.07. The average Bonchev–Trinajstić information content (AvgIpc) is 2.55. The highest BCUT2D eigenvalue weighted by Crippen LogP contribution is 2.29. The fourth-order valence-corrected chi connectivity index (χ4v) is 1.80. The maximum atomic E-state index is 11.6. The van der Waals surface area contributed by atoms with Crippen LogP contribution in [0, 0.1) is 5.92 Å². The lowest BCUT2D eigenvalue weighted by Gasteiger charge is -2.23. The molecular formula is C10H18O2. The van der Waals surface area contributed by atoms with Crippen molar-refractivity contribution in [3.05, 3.63) is 0 Å². The van der Waals surface area contributed by atoms with Crippen molar-refractivity contribution in [3.63, 3.8) is 0 Å². The van der Waals surface area contributed by atoms with E-state index in [9.17, 15) is 9.90 Å². The van der Waals surface area contributed by atoms with Gasteiger partial charge >= 0.3 is 0 Å². The SMILES string of the molecule is CCC(C)(O)C(=O)C1CCCC1. The van der Waals surface area contributed by atoms with Crippen LogP contribution in [0.2, 0.25) is 0 Å². The van der Waals surface area contributed by atoms with Crippen molar-refractivity contribution in [2.75, 3.05) is 0 Å². The highest BCUT2D eigenvalue weighted by atomic mass is 16.3. The largest absolute Gasteiger partial charge is 0.382 e. The Kier molecular flexibility index (Phi) is 2.89. The van der Waals surface area contributed by atoms with E-state index in [0.29, 0.717) is 6.42 Å². The van der Waals surface area contributed by atoms with Gasteiger partial charge in [-0.05, 0) is 26.2 Å². The molecule has 2 nitrogen and oxygen atoms in total. The number of ketones is 1. The molecule has 1 aliphatic rings. The molecule has 1 aliphatic carbocycles. The molecule has 1 fully saturated rings. The van der Waals surface area contributed by atoms with Gasteiger partial charge in [-0.2, -0.15) is 0 Å². The summed E-state index contributed by atoms with van der Waals surface area (Å²) in [6, 6.07) is 0. The van der Waals surface area contributed by atoms with Crippen molar-refractivity contribution >= 4 is 5.78 Å². The van der Waals surface area contributed by atoms with Crippen LogP contribution in [0.5, 0.6) is 0 Å². The molecule has 1 rings (SSSR count). The molecule has 0 aliphatic heterocycles. The summed E-state index contributed by atoms with van der Waals surface area (Å²) in [6.45, 7) is 3.49. The number of Topliss-reactive ketones (excluding diaryl/α,β-unsaturated/α-hetero) is 1. The Morgan fingerprint density at radius 3 is 2.42 bits per heavy atom. The first-order valence-electron chi connectivity index (χ1n) is 4.84. The Morgan fingerprint density at radius 1 is 1.50 bits per heavy atom. The van der Waals surface area contributed by atoms with Crippen molar-refractivity contribution in [1.82, 2.24) is 0 Å². The molecule has 0 aromatic carbocycles. The summed E-state index contributed by atoms with van der Waals surface area (Å²) in [5, 5.41) is 9.70. The van der Waals surface area contributed by atoms with Crippen LogP contribution in [-0.4, -0.2) is 16.5 Å². The number of carbonyl (C=O) groups excluding carboxylic acids is 1. The summed E-state index contributed by atoms with van der Waals surface area (Å²) in [5.74, 6) is 0.197. The Hall–Kier alpha value is -0.370. The number of hydrogen-bond acceptors (Lipinski definition) is 2. The molecule has 0 saturated heterocycles. The lowest BCUT2D eigenvalue weighted by atomic mass is 9.87. The number of aliphatic hydroxyl groups is 1. The maximum absolute atomic E-state index is 11.6. The number of carbonyl (C=O) groups is 1. The zero-order chi connectivity index (χ0) is 9.19. The Bertz CT molecular complexity index is 167. The minimum absolute atomic E-state index is 0.0579. The molecule has 0 radical (unpaired) electrons. The van der Waals surface area contributed by atoms with Gasteiger partial charge in [0.15, 0.2) is 5.78 Å². The molecule has 1 saturated carbocycles. The molecule has 70 valence electrons. The van der Waals surface area contributed by atoms with Crippen LogP contribution in [0.25, 0.3) is 0 Å². The molecule has 2 heteroatoms. The van der Waals surface area contributed by atoms with E-state index in [1.807, 2.05) is 6.92 Å². The smallest absolute Gasteiger partial charge is 0.167 e. The number of rotatable bonds is 3. The molecule has 0 spiro atoms. The predicted octanol–water partition coefficient (Wildman–Crippen LogP) is 1.91. The van der Waals surface area contributed by atoms with E-state index >= 15 is 0 Å². The molecule has 1 N–H and O–H groups in total. The number of hydrogen-bond donors (Lipinski definition) is 1. The van der Waals surface area contributed by atoms with Crippen LogP contribution in [0.3, 0.4) is 0 Å². The van der Waals surface area contributed by atoms with Crippen molar-refractivity contribution in [1.29, 1.82) is 0 Å².